The Kier molecular flexibility index (Phi) is 4.46. The van der Waals surface area contributed by atoms with Crippen molar-refractivity contribution in [3.8, 4) is 5.75 Å². The third-order valence-electron chi connectivity index (χ3n) is 4.51. The zero-order chi connectivity index (χ0) is 18.8. The molecule has 0 saturated carbocycles. The van der Waals surface area contributed by atoms with E-state index in [9.17, 15) is 9.59 Å². The molecule has 6 heteroatoms. The quantitative estimate of drug-likeness (QED) is 0.773. The molecule has 1 aliphatic heterocycles. The van der Waals surface area contributed by atoms with Crippen LogP contribution >= 0.6 is 0 Å². The predicted octanol–water partition coefficient (Wildman–Crippen LogP) is 3.38. The molecule has 0 radical (unpaired) electrons. The van der Waals surface area contributed by atoms with Crippen LogP contribution in [0.5, 0.6) is 5.75 Å². The zero-order valence-corrected chi connectivity index (χ0v) is 14.9. The zero-order valence-electron chi connectivity index (χ0n) is 14.9. The Morgan fingerprint density at radius 2 is 1.96 bits per heavy atom. The summed E-state index contributed by atoms with van der Waals surface area (Å²) in [6.45, 7) is 2.00. The molecule has 3 aromatic rings. The monoisotopic (exact) mass is 361 g/mol. The van der Waals surface area contributed by atoms with Gasteiger partial charge in [0.15, 0.2) is 6.10 Å². The number of nitrogens with zero attached hydrogens (tertiary/aromatic N) is 2. The van der Waals surface area contributed by atoms with Gasteiger partial charge < -0.3 is 15.0 Å². The molecule has 2 amide bonds. The number of fused-ring (bicyclic) bond motifs is 2. The van der Waals surface area contributed by atoms with Gasteiger partial charge in [0.2, 0.25) is 5.91 Å². The van der Waals surface area contributed by atoms with Crippen LogP contribution in [0, 0.1) is 0 Å². The number of pyridine rings is 1. The van der Waals surface area contributed by atoms with E-state index in [0.29, 0.717) is 17.1 Å². The normalized spacial score (nSPS) is 16.0. The third-order valence-corrected chi connectivity index (χ3v) is 4.51. The number of ether oxygens (including phenoxy) is 1. The van der Waals surface area contributed by atoms with Crippen molar-refractivity contribution in [3.63, 3.8) is 0 Å². The maximum Gasteiger partial charge on any atom is 0.267 e. The van der Waals surface area contributed by atoms with Crippen LogP contribution in [0.1, 0.15) is 13.3 Å². The van der Waals surface area contributed by atoms with Crippen molar-refractivity contribution in [1.82, 2.24) is 4.98 Å². The first-order valence-electron chi connectivity index (χ1n) is 8.83. The molecule has 136 valence electrons. The Balaban J connectivity index is 1.45. The first-order chi connectivity index (χ1) is 13.1. The molecular formula is C21H19N3O3. The summed E-state index contributed by atoms with van der Waals surface area (Å²) in [5.41, 5.74) is 2.21. The summed E-state index contributed by atoms with van der Waals surface area (Å²) < 4.78 is 5.62. The van der Waals surface area contributed by atoms with E-state index in [4.69, 9.17) is 4.74 Å². The molecule has 1 aliphatic rings. The van der Waals surface area contributed by atoms with Crippen molar-refractivity contribution in [2.75, 3.05) is 16.8 Å². The van der Waals surface area contributed by atoms with Gasteiger partial charge in [0.25, 0.3) is 5.91 Å². The largest absolute Gasteiger partial charge is 0.479 e. The molecule has 1 aromatic heterocycles. The van der Waals surface area contributed by atoms with Gasteiger partial charge in [0.05, 0.1) is 23.1 Å². The Bertz CT molecular complexity index is 1020. The second-order valence-corrected chi connectivity index (χ2v) is 6.43. The SMILES string of the molecule is CC1Oc2ccccc2N(CCC(=O)Nc2cnc3ccccc3c2)C1=O. The van der Waals surface area contributed by atoms with Gasteiger partial charge in [0, 0.05) is 18.4 Å². The molecule has 0 aliphatic carbocycles. The topological polar surface area (TPSA) is 71.5 Å². The number of hydrogen-bond acceptors (Lipinski definition) is 4. The lowest BCUT2D eigenvalue weighted by Crippen LogP contribution is -2.45. The average molecular weight is 361 g/mol. The lowest BCUT2D eigenvalue weighted by molar-refractivity contribution is -0.125. The van der Waals surface area contributed by atoms with Crippen LogP contribution in [0.2, 0.25) is 0 Å². The summed E-state index contributed by atoms with van der Waals surface area (Å²) in [7, 11) is 0. The second-order valence-electron chi connectivity index (χ2n) is 6.43. The standard InChI is InChI=1S/C21H19N3O3/c1-14-21(26)24(18-8-4-5-9-19(18)27-14)11-10-20(25)23-16-12-15-6-2-3-7-17(15)22-13-16/h2-9,12-14H,10-11H2,1H3,(H,23,25). The molecule has 1 unspecified atom stereocenters. The van der Waals surface area contributed by atoms with Crippen LogP contribution in [0.4, 0.5) is 11.4 Å². The third kappa shape index (κ3) is 3.46. The number of hydrogen-bond donors (Lipinski definition) is 1. The van der Waals surface area contributed by atoms with Crippen molar-refractivity contribution >= 4 is 34.1 Å². The van der Waals surface area contributed by atoms with E-state index in [-0.39, 0.29) is 24.8 Å². The molecule has 6 nitrogen and oxygen atoms in total. The molecule has 4 rings (SSSR count). The van der Waals surface area contributed by atoms with Crippen molar-refractivity contribution in [3.05, 3.63) is 60.8 Å². The lowest BCUT2D eigenvalue weighted by atomic mass is 10.1. The van der Waals surface area contributed by atoms with Gasteiger partial charge in [-0.3, -0.25) is 14.6 Å². The van der Waals surface area contributed by atoms with Crippen molar-refractivity contribution in [2.45, 2.75) is 19.4 Å². The van der Waals surface area contributed by atoms with Crippen LogP contribution in [0.3, 0.4) is 0 Å². The fourth-order valence-corrected chi connectivity index (χ4v) is 3.17. The Labute approximate surface area is 156 Å². The van der Waals surface area contributed by atoms with Gasteiger partial charge >= 0.3 is 0 Å². The highest BCUT2D eigenvalue weighted by molar-refractivity contribution is 6.01. The minimum absolute atomic E-state index is 0.145. The maximum absolute atomic E-state index is 12.5. The van der Waals surface area contributed by atoms with E-state index in [2.05, 4.69) is 10.3 Å². The molecule has 2 aromatic carbocycles. The highest BCUT2D eigenvalue weighted by Crippen LogP contribution is 2.33. The summed E-state index contributed by atoms with van der Waals surface area (Å²) in [6, 6.07) is 17.0. The minimum atomic E-state index is -0.562. The highest BCUT2D eigenvalue weighted by atomic mass is 16.5. The summed E-state index contributed by atoms with van der Waals surface area (Å²) in [6.07, 6.45) is 1.25. The lowest BCUT2D eigenvalue weighted by Gasteiger charge is -2.32. The number of nitrogens with one attached hydrogen (secondary N) is 1. The molecule has 2 heterocycles. The number of aromatic nitrogens is 1. The number of amides is 2. The molecule has 0 spiro atoms. The molecule has 0 saturated heterocycles. The number of anilines is 2. The second kappa shape index (κ2) is 7.07. The van der Waals surface area contributed by atoms with E-state index in [1.807, 2.05) is 54.6 Å². The number of para-hydroxylation sites is 3. The molecule has 1 atom stereocenters. The highest BCUT2D eigenvalue weighted by Gasteiger charge is 2.31. The summed E-state index contributed by atoms with van der Waals surface area (Å²) in [4.78, 5) is 30.8. The minimum Gasteiger partial charge on any atom is -0.479 e. The number of carbonyl (C=O) groups is 2. The fraction of sp³-hybridized carbons (Fsp3) is 0.190. The van der Waals surface area contributed by atoms with Crippen molar-refractivity contribution in [2.24, 2.45) is 0 Å². The van der Waals surface area contributed by atoms with Gasteiger partial charge in [-0.25, -0.2) is 0 Å². The fourth-order valence-electron chi connectivity index (χ4n) is 3.17. The van der Waals surface area contributed by atoms with E-state index < -0.39 is 6.10 Å². The Morgan fingerprint density at radius 3 is 2.85 bits per heavy atom. The predicted molar refractivity (Wildman–Crippen MR) is 104 cm³/mol. The average Bonchev–Trinajstić information content (AvgIpc) is 2.68. The van der Waals surface area contributed by atoms with Gasteiger partial charge in [-0.2, -0.15) is 0 Å². The molecular weight excluding hydrogens is 342 g/mol. The molecule has 0 fully saturated rings. The van der Waals surface area contributed by atoms with Crippen LogP contribution in [-0.2, 0) is 9.59 Å². The maximum atomic E-state index is 12.5. The van der Waals surface area contributed by atoms with Crippen molar-refractivity contribution in [1.29, 1.82) is 0 Å². The van der Waals surface area contributed by atoms with Crippen LogP contribution in [0.25, 0.3) is 10.9 Å². The summed E-state index contributed by atoms with van der Waals surface area (Å²) in [5, 5.41) is 3.81. The van der Waals surface area contributed by atoms with E-state index in [1.54, 1.807) is 18.0 Å². The number of benzene rings is 2. The van der Waals surface area contributed by atoms with Crippen LogP contribution < -0.4 is 15.0 Å². The van der Waals surface area contributed by atoms with E-state index in [0.717, 1.165) is 10.9 Å². The van der Waals surface area contributed by atoms with Crippen LogP contribution in [0.15, 0.2) is 60.8 Å². The van der Waals surface area contributed by atoms with E-state index >= 15 is 0 Å². The Hall–Kier alpha value is -3.41. The van der Waals surface area contributed by atoms with Crippen molar-refractivity contribution < 1.29 is 14.3 Å². The first-order valence-corrected chi connectivity index (χ1v) is 8.83. The van der Waals surface area contributed by atoms with Crippen LogP contribution in [-0.4, -0.2) is 29.4 Å². The summed E-state index contributed by atoms with van der Waals surface area (Å²) >= 11 is 0. The summed E-state index contributed by atoms with van der Waals surface area (Å²) in [5.74, 6) is 0.342. The number of carbonyl (C=O) groups excluding carboxylic acids is 2. The molecule has 27 heavy (non-hydrogen) atoms. The van der Waals surface area contributed by atoms with Gasteiger partial charge in [-0.05, 0) is 31.2 Å². The van der Waals surface area contributed by atoms with Gasteiger partial charge in [0.1, 0.15) is 5.75 Å². The molecule has 0 bridgehead atoms. The Morgan fingerprint density at radius 1 is 1.19 bits per heavy atom. The first kappa shape index (κ1) is 17.0. The number of rotatable bonds is 4. The smallest absolute Gasteiger partial charge is 0.267 e. The van der Waals surface area contributed by atoms with Gasteiger partial charge in [-0.15, -0.1) is 0 Å². The molecule has 1 N–H and O–H groups in total. The van der Waals surface area contributed by atoms with E-state index in [1.165, 1.54) is 0 Å². The van der Waals surface area contributed by atoms with Gasteiger partial charge in [-0.1, -0.05) is 30.3 Å².